The molecule has 0 aliphatic carbocycles. The Kier molecular flexibility index (Phi) is 6.08. The Morgan fingerprint density at radius 3 is 2.63 bits per heavy atom. The number of likely N-dealkylation sites (tertiary alicyclic amines) is 1. The van der Waals surface area contributed by atoms with E-state index in [9.17, 15) is 9.59 Å². The van der Waals surface area contributed by atoms with Gasteiger partial charge in [0.15, 0.2) is 5.16 Å². The molecule has 30 heavy (non-hydrogen) atoms. The lowest BCUT2D eigenvalue weighted by Gasteiger charge is -2.29. The summed E-state index contributed by atoms with van der Waals surface area (Å²) in [6, 6.07) is 14.6. The zero-order valence-electron chi connectivity index (χ0n) is 17.2. The standard InChI is InChI=1S/C23H25N3O3S/c1-16(21(27)25-13-6-3-7-14-25)30-23-24-20-12-5-4-11-19(20)22(28)26(23)17-9-8-10-18(15-17)29-2/h4-5,8-12,15-16H,3,6-7,13-14H2,1-2H3/t16-/m1/s1. The first kappa shape index (κ1) is 20.5. The second kappa shape index (κ2) is 8.92. The number of methoxy groups -OCH3 is 1. The molecule has 156 valence electrons. The topological polar surface area (TPSA) is 64.4 Å². The van der Waals surface area contributed by atoms with E-state index in [1.54, 1.807) is 23.8 Å². The second-order valence-electron chi connectivity index (χ2n) is 7.40. The monoisotopic (exact) mass is 423 g/mol. The number of fused-ring (bicyclic) bond motifs is 1. The molecular formula is C23H25N3O3S. The minimum Gasteiger partial charge on any atom is -0.497 e. The molecule has 3 aromatic rings. The predicted octanol–water partition coefficient (Wildman–Crippen LogP) is 3.89. The van der Waals surface area contributed by atoms with E-state index in [0.717, 1.165) is 25.9 Å². The van der Waals surface area contributed by atoms with Crippen LogP contribution in [0.15, 0.2) is 58.5 Å². The molecule has 1 aliphatic rings. The van der Waals surface area contributed by atoms with Crippen LogP contribution in [0.1, 0.15) is 26.2 Å². The maximum absolute atomic E-state index is 13.4. The summed E-state index contributed by atoms with van der Waals surface area (Å²) < 4.78 is 6.92. The van der Waals surface area contributed by atoms with E-state index in [2.05, 4.69) is 0 Å². The normalized spacial score (nSPS) is 15.2. The maximum Gasteiger partial charge on any atom is 0.266 e. The highest BCUT2D eigenvalue weighted by Gasteiger charge is 2.25. The van der Waals surface area contributed by atoms with E-state index in [-0.39, 0.29) is 16.7 Å². The zero-order valence-corrected chi connectivity index (χ0v) is 18.0. The van der Waals surface area contributed by atoms with Crippen LogP contribution in [0.4, 0.5) is 0 Å². The predicted molar refractivity (Wildman–Crippen MR) is 120 cm³/mol. The lowest BCUT2D eigenvalue weighted by Crippen LogP contribution is -2.40. The summed E-state index contributed by atoms with van der Waals surface area (Å²) in [5.74, 6) is 0.750. The van der Waals surface area contributed by atoms with Crippen LogP contribution in [-0.2, 0) is 4.79 Å². The first-order valence-corrected chi connectivity index (χ1v) is 11.1. The van der Waals surface area contributed by atoms with E-state index in [4.69, 9.17) is 9.72 Å². The molecule has 4 rings (SSSR count). The number of nitrogens with zero attached hydrogens (tertiary/aromatic N) is 3. The molecule has 1 aliphatic heterocycles. The van der Waals surface area contributed by atoms with Gasteiger partial charge in [0, 0.05) is 19.2 Å². The van der Waals surface area contributed by atoms with Crippen molar-refractivity contribution in [2.45, 2.75) is 36.6 Å². The van der Waals surface area contributed by atoms with Crippen molar-refractivity contribution in [2.24, 2.45) is 0 Å². The molecular weight excluding hydrogens is 398 g/mol. The van der Waals surface area contributed by atoms with Crippen molar-refractivity contribution in [1.82, 2.24) is 14.5 Å². The van der Waals surface area contributed by atoms with Gasteiger partial charge in [-0.2, -0.15) is 0 Å². The van der Waals surface area contributed by atoms with Crippen molar-refractivity contribution in [1.29, 1.82) is 0 Å². The number of piperidine rings is 1. The largest absolute Gasteiger partial charge is 0.497 e. The number of para-hydroxylation sites is 1. The molecule has 0 radical (unpaired) electrons. The molecule has 1 atom stereocenters. The summed E-state index contributed by atoms with van der Waals surface area (Å²) in [5, 5.41) is 0.706. The van der Waals surface area contributed by atoms with E-state index in [1.165, 1.54) is 18.2 Å². The summed E-state index contributed by atoms with van der Waals surface area (Å²) in [6.07, 6.45) is 3.27. The van der Waals surface area contributed by atoms with Gasteiger partial charge in [0.25, 0.3) is 5.56 Å². The SMILES string of the molecule is COc1cccc(-n2c(S[C@H](C)C(=O)N3CCCCC3)nc3ccccc3c2=O)c1. The number of thioether (sulfide) groups is 1. The summed E-state index contributed by atoms with van der Waals surface area (Å²) in [7, 11) is 1.59. The minimum absolute atomic E-state index is 0.0966. The first-order valence-electron chi connectivity index (χ1n) is 10.2. The Morgan fingerprint density at radius 2 is 1.87 bits per heavy atom. The van der Waals surface area contributed by atoms with Crippen LogP contribution >= 0.6 is 11.8 Å². The quantitative estimate of drug-likeness (QED) is 0.460. The average Bonchev–Trinajstić information content (AvgIpc) is 2.79. The van der Waals surface area contributed by atoms with Crippen molar-refractivity contribution in [3.63, 3.8) is 0 Å². The fraction of sp³-hybridized carbons (Fsp3) is 0.348. The van der Waals surface area contributed by atoms with Gasteiger partial charge in [-0.3, -0.25) is 14.2 Å². The highest BCUT2D eigenvalue weighted by Crippen LogP contribution is 2.28. The lowest BCUT2D eigenvalue weighted by molar-refractivity contribution is -0.131. The molecule has 0 saturated carbocycles. The maximum atomic E-state index is 13.4. The number of rotatable bonds is 5. The van der Waals surface area contributed by atoms with Crippen LogP contribution in [0.2, 0.25) is 0 Å². The third-order valence-electron chi connectivity index (χ3n) is 5.35. The van der Waals surface area contributed by atoms with E-state index in [0.29, 0.717) is 27.5 Å². The smallest absolute Gasteiger partial charge is 0.266 e. The second-order valence-corrected chi connectivity index (χ2v) is 8.71. The lowest BCUT2D eigenvalue weighted by atomic mass is 10.1. The zero-order chi connectivity index (χ0) is 21.1. The summed E-state index contributed by atoms with van der Waals surface area (Å²) in [6.45, 7) is 3.49. The number of ether oxygens (including phenoxy) is 1. The van der Waals surface area contributed by atoms with E-state index >= 15 is 0 Å². The summed E-state index contributed by atoms with van der Waals surface area (Å²) >= 11 is 1.33. The average molecular weight is 424 g/mol. The Hall–Kier alpha value is -2.80. The van der Waals surface area contributed by atoms with Gasteiger partial charge < -0.3 is 9.64 Å². The summed E-state index contributed by atoms with van der Waals surface area (Å²) in [4.78, 5) is 33.0. The van der Waals surface area contributed by atoms with Crippen molar-refractivity contribution in [2.75, 3.05) is 20.2 Å². The Morgan fingerprint density at radius 1 is 1.10 bits per heavy atom. The van der Waals surface area contributed by atoms with Crippen LogP contribution in [0, 0.1) is 0 Å². The van der Waals surface area contributed by atoms with Crippen LogP contribution in [0.3, 0.4) is 0 Å². The number of amides is 1. The van der Waals surface area contributed by atoms with E-state index in [1.807, 2.05) is 48.2 Å². The van der Waals surface area contributed by atoms with Crippen molar-refractivity contribution in [3.8, 4) is 11.4 Å². The van der Waals surface area contributed by atoms with Gasteiger partial charge >= 0.3 is 0 Å². The van der Waals surface area contributed by atoms with Crippen molar-refractivity contribution >= 4 is 28.6 Å². The molecule has 2 heterocycles. The Balaban J connectivity index is 1.77. The number of hydrogen-bond acceptors (Lipinski definition) is 5. The molecule has 1 aromatic heterocycles. The highest BCUT2D eigenvalue weighted by molar-refractivity contribution is 8.00. The third kappa shape index (κ3) is 4.07. The van der Waals surface area contributed by atoms with Crippen LogP contribution in [-0.4, -0.2) is 45.8 Å². The van der Waals surface area contributed by atoms with Gasteiger partial charge in [0.05, 0.1) is 29.0 Å². The third-order valence-corrected chi connectivity index (χ3v) is 6.39. The van der Waals surface area contributed by atoms with Crippen molar-refractivity contribution < 1.29 is 9.53 Å². The number of benzene rings is 2. The Bertz CT molecular complexity index is 1120. The van der Waals surface area contributed by atoms with Gasteiger partial charge in [-0.15, -0.1) is 0 Å². The molecule has 0 spiro atoms. The molecule has 0 N–H and O–H groups in total. The molecule has 1 saturated heterocycles. The summed E-state index contributed by atoms with van der Waals surface area (Å²) in [5.41, 5.74) is 1.13. The van der Waals surface area contributed by atoms with Gasteiger partial charge in [-0.25, -0.2) is 4.98 Å². The molecule has 0 unspecified atom stereocenters. The van der Waals surface area contributed by atoms with Crippen LogP contribution in [0.25, 0.3) is 16.6 Å². The molecule has 0 bridgehead atoms. The van der Waals surface area contributed by atoms with Gasteiger partial charge in [0.2, 0.25) is 5.91 Å². The number of aromatic nitrogens is 2. The van der Waals surface area contributed by atoms with Gasteiger partial charge in [0.1, 0.15) is 5.75 Å². The van der Waals surface area contributed by atoms with Gasteiger partial charge in [-0.1, -0.05) is 30.0 Å². The fourth-order valence-corrected chi connectivity index (χ4v) is 4.76. The number of carbonyl (C=O) groups excluding carboxylic acids is 1. The van der Waals surface area contributed by atoms with Crippen LogP contribution in [0.5, 0.6) is 5.75 Å². The molecule has 6 nitrogen and oxygen atoms in total. The van der Waals surface area contributed by atoms with Crippen LogP contribution < -0.4 is 10.3 Å². The number of hydrogen-bond donors (Lipinski definition) is 0. The fourth-order valence-electron chi connectivity index (χ4n) is 3.75. The first-order chi connectivity index (χ1) is 14.6. The molecule has 2 aromatic carbocycles. The Labute approximate surface area is 179 Å². The van der Waals surface area contributed by atoms with E-state index < -0.39 is 0 Å². The highest BCUT2D eigenvalue weighted by atomic mass is 32.2. The molecule has 1 fully saturated rings. The van der Waals surface area contributed by atoms with Crippen molar-refractivity contribution in [3.05, 3.63) is 58.9 Å². The molecule has 1 amide bonds. The minimum atomic E-state index is -0.340. The molecule has 7 heteroatoms. The van der Waals surface area contributed by atoms with Gasteiger partial charge in [-0.05, 0) is 50.5 Å². The number of carbonyl (C=O) groups is 1.